The maximum absolute atomic E-state index is 11.2. The largest absolute Gasteiger partial charge is 0.366 e. The molecule has 1 amide bonds. The van der Waals surface area contributed by atoms with Crippen molar-refractivity contribution >= 4 is 16.7 Å². The van der Waals surface area contributed by atoms with E-state index in [9.17, 15) is 9.00 Å². The number of amides is 1. The van der Waals surface area contributed by atoms with Gasteiger partial charge >= 0.3 is 0 Å². The second-order valence-corrected chi connectivity index (χ2v) is 5.76. The number of carbonyl (C=O) groups is 1. The van der Waals surface area contributed by atoms with Gasteiger partial charge in [0.1, 0.15) is 0 Å². The Kier molecular flexibility index (Phi) is 5.31. The minimum atomic E-state index is -0.836. The second-order valence-electron chi connectivity index (χ2n) is 3.96. The first-order valence-corrected chi connectivity index (χ1v) is 7.05. The van der Waals surface area contributed by atoms with Crippen molar-refractivity contribution in [2.45, 2.75) is 18.7 Å². The van der Waals surface area contributed by atoms with Crippen LogP contribution in [0.4, 0.5) is 0 Å². The molecule has 3 N–H and O–H groups in total. The molecule has 0 saturated carbocycles. The molecule has 0 bridgehead atoms. The lowest BCUT2D eigenvalue weighted by molar-refractivity contribution is 0.0999. The van der Waals surface area contributed by atoms with Gasteiger partial charge in [-0.1, -0.05) is 18.2 Å². The van der Waals surface area contributed by atoms with E-state index in [4.69, 9.17) is 5.73 Å². The summed E-state index contributed by atoms with van der Waals surface area (Å²) in [6, 6.07) is 7.22. The molecule has 2 atom stereocenters. The molecule has 94 valence electrons. The zero-order chi connectivity index (χ0) is 12.8. The van der Waals surface area contributed by atoms with Crippen LogP contribution in [0, 0.1) is 0 Å². The molecule has 1 aromatic carbocycles. The highest BCUT2D eigenvalue weighted by molar-refractivity contribution is 7.84. The van der Waals surface area contributed by atoms with Crippen LogP contribution < -0.4 is 11.1 Å². The molecule has 0 radical (unpaired) electrons. The van der Waals surface area contributed by atoms with Crippen LogP contribution in [-0.4, -0.2) is 28.2 Å². The monoisotopic (exact) mass is 254 g/mol. The van der Waals surface area contributed by atoms with E-state index in [-0.39, 0.29) is 5.25 Å². The summed E-state index contributed by atoms with van der Waals surface area (Å²) in [6.07, 6.45) is 1.68. The molecule has 0 aliphatic carbocycles. The average molecular weight is 254 g/mol. The van der Waals surface area contributed by atoms with Crippen LogP contribution in [0.25, 0.3) is 0 Å². The number of primary amides is 1. The van der Waals surface area contributed by atoms with E-state index < -0.39 is 16.7 Å². The quantitative estimate of drug-likeness (QED) is 0.782. The molecule has 0 aliphatic rings. The first-order valence-electron chi connectivity index (χ1n) is 5.43. The molecule has 0 saturated heterocycles. The van der Waals surface area contributed by atoms with E-state index in [1.807, 2.05) is 19.1 Å². The summed E-state index contributed by atoms with van der Waals surface area (Å²) in [5.41, 5.74) is 6.68. The van der Waals surface area contributed by atoms with Crippen LogP contribution >= 0.6 is 0 Å². The number of hydrogen-bond donors (Lipinski definition) is 2. The maximum Gasteiger partial charge on any atom is 0.249 e. The van der Waals surface area contributed by atoms with Gasteiger partial charge in [0.25, 0.3) is 0 Å². The number of nitrogens with two attached hydrogens (primary N) is 1. The highest BCUT2D eigenvalue weighted by Crippen LogP contribution is 2.07. The number of benzene rings is 1. The molecular formula is C12H18N2O2S. The number of rotatable bonds is 6. The van der Waals surface area contributed by atoms with Crippen LogP contribution in [-0.2, 0) is 17.3 Å². The summed E-state index contributed by atoms with van der Waals surface area (Å²) in [7, 11) is -0.836. The van der Waals surface area contributed by atoms with Crippen molar-refractivity contribution < 1.29 is 9.00 Å². The molecule has 0 aromatic heterocycles. The lowest BCUT2D eigenvalue weighted by Gasteiger charge is -2.11. The highest BCUT2D eigenvalue weighted by atomic mass is 32.2. The van der Waals surface area contributed by atoms with Gasteiger partial charge in [0.15, 0.2) is 0 Å². The minimum Gasteiger partial charge on any atom is -0.366 e. The fraction of sp³-hybridized carbons (Fsp3) is 0.417. The number of carbonyl (C=O) groups excluding carboxylic acids is 1. The Morgan fingerprint density at radius 3 is 2.71 bits per heavy atom. The molecule has 1 rings (SSSR count). The first-order chi connectivity index (χ1) is 8.02. The van der Waals surface area contributed by atoms with Crippen LogP contribution in [0.15, 0.2) is 24.3 Å². The van der Waals surface area contributed by atoms with Crippen molar-refractivity contribution in [1.29, 1.82) is 0 Å². The van der Waals surface area contributed by atoms with E-state index in [0.717, 1.165) is 5.56 Å². The predicted octanol–water partition coefficient (Wildman–Crippen LogP) is 0.642. The second kappa shape index (κ2) is 6.51. The van der Waals surface area contributed by atoms with E-state index in [0.29, 0.717) is 18.7 Å². The Hall–Kier alpha value is -1.20. The third-order valence-corrected chi connectivity index (χ3v) is 3.90. The number of nitrogens with one attached hydrogen (secondary N) is 1. The van der Waals surface area contributed by atoms with Gasteiger partial charge < -0.3 is 11.1 Å². The van der Waals surface area contributed by atoms with Gasteiger partial charge in [-0.05, 0) is 18.6 Å². The van der Waals surface area contributed by atoms with Crippen molar-refractivity contribution in [1.82, 2.24) is 5.32 Å². The van der Waals surface area contributed by atoms with Gasteiger partial charge in [-0.25, -0.2) is 0 Å². The van der Waals surface area contributed by atoms with Crippen LogP contribution in [0.5, 0.6) is 0 Å². The molecule has 2 unspecified atom stereocenters. The van der Waals surface area contributed by atoms with Gasteiger partial charge in [0.2, 0.25) is 5.91 Å². The Morgan fingerprint density at radius 2 is 2.12 bits per heavy atom. The van der Waals surface area contributed by atoms with Crippen molar-refractivity contribution in [2.24, 2.45) is 5.73 Å². The number of hydrogen-bond acceptors (Lipinski definition) is 3. The lowest BCUT2D eigenvalue weighted by atomic mass is 10.1. The van der Waals surface area contributed by atoms with Gasteiger partial charge in [-0.3, -0.25) is 9.00 Å². The van der Waals surface area contributed by atoms with E-state index in [1.165, 1.54) is 0 Å². The Balaban J connectivity index is 2.58. The average Bonchev–Trinajstić information content (AvgIpc) is 2.29. The third kappa shape index (κ3) is 4.28. The van der Waals surface area contributed by atoms with Gasteiger partial charge in [-0.2, -0.15) is 0 Å². The molecule has 0 fully saturated rings. The third-order valence-electron chi connectivity index (χ3n) is 2.60. The van der Waals surface area contributed by atoms with Gasteiger partial charge in [0, 0.05) is 41.0 Å². The molecule has 17 heavy (non-hydrogen) atoms. The lowest BCUT2D eigenvalue weighted by Crippen LogP contribution is -2.28. The van der Waals surface area contributed by atoms with Crippen molar-refractivity contribution in [3.8, 4) is 0 Å². The summed E-state index contributed by atoms with van der Waals surface area (Å²) in [5.74, 6) is -0.422. The van der Waals surface area contributed by atoms with E-state index in [1.54, 1.807) is 18.4 Å². The van der Waals surface area contributed by atoms with Gasteiger partial charge in [0.05, 0.1) is 0 Å². The zero-order valence-electron chi connectivity index (χ0n) is 10.1. The van der Waals surface area contributed by atoms with E-state index >= 15 is 0 Å². The van der Waals surface area contributed by atoms with Crippen LogP contribution in [0.1, 0.15) is 22.8 Å². The molecule has 0 spiro atoms. The summed E-state index contributed by atoms with van der Waals surface area (Å²) >= 11 is 0. The Bertz CT molecular complexity index is 421. The summed E-state index contributed by atoms with van der Waals surface area (Å²) in [5, 5.41) is 3.27. The van der Waals surface area contributed by atoms with Crippen LogP contribution in [0.2, 0.25) is 0 Å². The molecular weight excluding hydrogens is 236 g/mol. The molecule has 5 heteroatoms. The Labute approximate surface area is 104 Å². The van der Waals surface area contributed by atoms with Crippen molar-refractivity contribution in [2.75, 3.05) is 12.8 Å². The van der Waals surface area contributed by atoms with E-state index in [2.05, 4.69) is 5.32 Å². The normalized spacial score (nSPS) is 14.2. The first kappa shape index (κ1) is 13.9. The van der Waals surface area contributed by atoms with Crippen LogP contribution in [0.3, 0.4) is 0 Å². The fourth-order valence-corrected chi connectivity index (χ4v) is 1.79. The fourth-order valence-electron chi connectivity index (χ4n) is 1.44. The molecule has 0 heterocycles. The van der Waals surface area contributed by atoms with Crippen molar-refractivity contribution in [3.05, 3.63) is 35.4 Å². The molecule has 1 aromatic rings. The highest BCUT2D eigenvalue weighted by Gasteiger charge is 2.08. The molecule has 4 nitrogen and oxygen atoms in total. The summed E-state index contributed by atoms with van der Waals surface area (Å²) < 4.78 is 11.2. The predicted molar refractivity (Wildman–Crippen MR) is 70.2 cm³/mol. The van der Waals surface area contributed by atoms with Gasteiger partial charge in [-0.15, -0.1) is 0 Å². The summed E-state index contributed by atoms with van der Waals surface area (Å²) in [4.78, 5) is 11.2. The smallest absolute Gasteiger partial charge is 0.249 e. The molecule has 0 aliphatic heterocycles. The summed E-state index contributed by atoms with van der Waals surface area (Å²) in [6.45, 7) is 3.12. The minimum absolute atomic E-state index is 0.0933. The van der Waals surface area contributed by atoms with Crippen molar-refractivity contribution in [3.63, 3.8) is 0 Å². The Morgan fingerprint density at radius 1 is 1.47 bits per heavy atom. The standard InChI is InChI=1S/C12H18N2O2S/c1-9(17(2)16)7-14-8-10-5-3-4-6-11(10)12(13)15/h3-6,9,14H,7-8H2,1-2H3,(H2,13,15). The topological polar surface area (TPSA) is 72.2 Å². The SMILES string of the molecule is CC(CNCc1ccccc1C(N)=O)S(C)=O. The maximum atomic E-state index is 11.2. The zero-order valence-corrected chi connectivity index (χ0v) is 10.9.